The van der Waals surface area contributed by atoms with Gasteiger partial charge in [0.1, 0.15) is 0 Å². The van der Waals surface area contributed by atoms with Gasteiger partial charge in [-0.2, -0.15) is 0 Å². The molecule has 1 aromatic rings. The monoisotopic (exact) mass is 195 g/mol. The molecule has 0 aliphatic carbocycles. The Morgan fingerprint density at radius 3 is 2.21 bits per heavy atom. The largest absolute Gasteiger partial charge is 0.492 e. The summed E-state index contributed by atoms with van der Waals surface area (Å²) in [6.45, 7) is 1.47. The van der Waals surface area contributed by atoms with Crippen molar-refractivity contribution in [3.05, 3.63) is 17.7 Å². The number of methoxy groups -OCH3 is 2. The van der Waals surface area contributed by atoms with E-state index in [4.69, 9.17) is 15.2 Å². The highest BCUT2D eigenvalue weighted by molar-refractivity contribution is 5.98. The zero-order valence-corrected chi connectivity index (χ0v) is 8.46. The molecule has 0 aliphatic heterocycles. The Labute approximate surface area is 82.6 Å². The molecule has 0 bridgehead atoms. The summed E-state index contributed by atoms with van der Waals surface area (Å²) in [7, 11) is 2.96. The molecule has 0 fully saturated rings. The van der Waals surface area contributed by atoms with Gasteiger partial charge in [-0.1, -0.05) is 0 Å². The third-order valence-electron chi connectivity index (χ3n) is 1.93. The minimum atomic E-state index is -0.0832. The number of Topliss-reactive ketones (excluding diaryl/α,β-unsaturated/α-hetero) is 1. The van der Waals surface area contributed by atoms with Gasteiger partial charge in [-0.25, -0.2) is 0 Å². The van der Waals surface area contributed by atoms with Gasteiger partial charge in [0.05, 0.1) is 25.5 Å². The normalized spacial score (nSPS) is 9.64. The molecule has 1 rings (SSSR count). The average Bonchev–Trinajstić information content (AvgIpc) is 2.16. The minimum absolute atomic E-state index is 0.0832. The molecular weight excluding hydrogens is 182 g/mol. The van der Waals surface area contributed by atoms with E-state index in [9.17, 15) is 4.79 Å². The van der Waals surface area contributed by atoms with Gasteiger partial charge in [-0.15, -0.1) is 0 Å². The van der Waals surface area contributed by atoms with Crippen LogP contribution in [0, 0.1) is 0 Å². The van der Waals surface area contributed by atoms with E-state index < -0.39 is 0 Å². The Morgan fingerprint density at radius 1 is 1.21 bits per heavy atom. The molecule has 76 valence electrons. The second kappa shape index (κ2) is 4.00. The SMILES string of the molecule is COc1c(N)ccc(C(C)=O)c1OC. The molecule has 0 radical (unpaired) electrons. The van der Waals surface area contributed by atoms with Crippen molar-refractivity contribution >= 4 is 11.5 Å². The fourth-order valence-electron chi connectivity index (χ4n) is 1.27. The van der Waals surface area contributed by atoms with Crippen molar-refractivity contribution in [1.29, 1.82) is 0 Å². The zero-order valence-electron chi connectivity index (χ0n) is 8.46. The number of ketones is 1. The summed E-state index contributed by atoms with van der Waals surface area (Å²) in [5.41, 5.74) is 6.58. The lowest BCUT2D eigenvalue weighted by molar-refractivity contribution is 0.101. The topological polar surface area (TPSA) is 61.5 Å². The highest BCUT2D eigenvalue weighted by Crippen LogP contribution is 2.36. The van der Waals surface area contributed by atoms with Gasteiger partial charge in [-0.3, -0.25) is 4.79 Å². The molecular formula is C10H13NO3. The lowest BCUT2D eigenvalue weighted by atomic mass is 10.1. The molecule has 0 amide bonds. The van der Waals surface area contributed by atoms with Crippen molar-refractivity contribution in [1.82, 2.24) is 0 Å². The van der Waals surface area contributed by atoms with Gasteiger partial charge in [-0.05, 0) is 19.1 Å². The van der Waals surface area contributed by atoms with Gasteiger partial charge in [0, 0.05) is 0 Å². The summed E-state index contributed by atoms with van der Waals surface area (Å²) in [4.78, 5) is 11.2. The van der Waals surface area contributed by atoms with Crippen LogP contribution in [0.4, 0.5) is 5.69 Å². The van der Waals surface area contributed by atoms with Crippen molar-refractivity contribution in [2.45, 2.75) is 6.92 Å². The van der Waals surface area contributed by atoms with Crippen LogP contribution in [-0.4, -0.2) is 20.0 Å². The van der Waals surface area contributed by atoms with Crippen LogP contribution in [0.25, 0.3) is 0 Å². The molecule has 0 heterocycles. The number of carbonyl (C=O) groups excluding carboxylic acids is 1. The van der Waals surface area contributed by atoms with Gasteiger partial charge in [0.2, 0.25) is 0 Å². The van der Waals surface area contributed by atoms with Crippen molar-refractivity contribution in [3.8, 4) is 11.5 Å². The Hall–Kier alpha value is -1.71. The van der Waals surface area contributed by atoms with E-state index in [0.29, 0.717) is 22.7 Å². The Morgan fingerprint density at radius 2 is 1.79 bits per heavy atom. The molecule has 1 aromatic carbocycles. The summed E-state index contributed by atoms with van der Waals surface area (Å²) >= 11 is 0. The average molecular weight is 195 g/mol. The van der Waals surface area contributed by atoms with E-state index in [2.05, 4.69) is 0 Å². The molecule has 4 nitrogen and oxygen atoms in total. The van der Waals surface area contributed by atoms with Crippen LogP contribution in [-0.2, 0) is 0 Å². The molecule has 0 unspecified atom stereocenters. The maximum Gasteiger partial charge on any atom is 0.184 e. The molecule has 0 aliphatic rings. The van der Waals surface area contributed by atoms with Crippen LogP contribution >= 0.6 is 0 Å². The van der Waals surface area contributed by atoms with Crippen LogP contribution in [0.3, 0.4) is 0 Å². The second-order valence-electron chi connectivity index (χ2n) is 2.83. The summed E-state index contributed by atoms with van der Waals surface area (Å²) < 4.78 is 10.1. The lowest BCUT2D eigenvalue weighted by Gasteiger charge is -2.12. The van der Waals surface area contributed by atoms with Crippen molar-refractivity contribution in [3.63, 3.8) is 0 Å². The van der Waals surface area contributed by atoms with Crippen LogP contribution in [0.1, 0.15) is 17.3 Å². The molecule has 0 saturated carbocycles. The van der Waals surface area contributed by atoms with Crippen molar-refractivity contribution < 1.29 is 14.3 Å². The second-order valence-corrected chi connectivity index (χ2v) is 2.83. The fourth-order valence-corrected chi connectivity index (χ4v) is 1.27. The Balaban J connectivity index is 3.40. The third kappa shape index (κ3) is 1.64. The predicted molar refractivity (Wildman–Crippen MR) is 54.0 cm³/mol. The van der Waals surface area contributed by atoms with Crippen LogP contribution in [0.5, 0.6) is 11.5 Å². The number of nitrogen functional groups attached to an aromatic ring is 1. The summed E-state index contributed by atoms with van der Waals surface area (Å²) in [6, 6.07) is 3.25. The number of carbonyl (C=O) groups is 1. The first-order valence-corrected chi connectivity index (χ1v) is 4.13. The Kier molecular flexibility index (Phi) is 2.96. The van der Waals surface area contributed by atoms with Crippen LogP contribution < -0.4 is 15.2 Å². The smallest absolute Gasteiger partial charge is 0.184 e. The number of anilines is 1. The first-order chi connectivity index (χ1) is 6.61. The predicted octanol–water partition coefficient (Wildman–Crippen LogP) is 1.49. The van der Waals surface area contributed by atoms with Crippen LogP contribution in [0.15, 0.2) is 12.1 Å². The van der Waals surface area contributed by atoms with E-state index in [1.165, 1.54) is 21.1 Å². The molecule has 0 saturated heterocycles. The number of ether oxygens (including phenoxy) is 2. The maximum atomic E-state index is 11.2. The minimum Gasteiger partial charge on any atom is -0.492 e. The summed E-state index contributed by atoms with van der Waals surface area (Å²) in [5, 5.41) is 0. The number of hydrogen-bond donors (Lipinski definition) is 1. The molecule has 0 atom stereocenters. The number of nitrogens with two attached hydrogens (primary N) is 1. The zero-order chi connectivity index (χ0) is 10.7. The molecule has 2 N–H and O–H groups in total. The van der Waals surface area contributed by atoms with Gasteiger partial charge in [0.25, 0.3) is 0 Å². The van der Waals surface area contributed by atoms with Crippen molar-refractivity contribution in [2.24, 2.45) is 0 Å². The van der Waals surface area contributed by atoms with E-state index in [1.807, 2.05) is 0 Å². The number of benzene rings is 1. The molecule has 14 heavy (non-hydrogen) atoms. The van der Waals surface area contributed by atoms with E-state index in [1.54, 1.807) is 12.1 Å². The number of rotatable bonds is 3. The van der Waals surface area contributed by atoms with Gasteiger partial charge < -0.3 is 15.2 Å². The quantitative estimate of drug-likeness (QED) is 0.586. The summed E-state index contributed by atoms with van der Waals surface area (Å²) in [6.07, 6.45) is 0. The first-order valence-electron chi connectivity index (χ1n) is 4.13. The van der Waals surface area contributed by atoms with E-state index >= 15 is 0 Å². The molecule has 0 spiro atoms. The van der Waals surface area contributed by atoms with Gasteiger partial charge in [0.15, 0.2) is 17.3 Å². The lowest BCUT2D eigenvalue weighted by Crippen LogP contribution is -2.02. The standard InChI is InChI=1S/C10H13NO3/c1-6(12)7-4-5-8(11)10(14-3)9(7)13-2/h4-5H,11H2,1-3H3. The van der Waals surface area contributed by atoms with E-state index in [-0.39, 0.29) is 5.78 Å². The molecule has 0 aromatic heterocycles. The van der Waals surface area contributed by atoms with Gasteiger partial charge >= 0.3 is 0 Å². The first kappa shape index (κ1) is 10.4. The van der Waals surface area contributed by atoms with Crippen molar-refractivity contribution in [2.75, 3.05) is 20.0 Å². The van der Waals surface area contributed by atoms with Crippen LogP contribution in [0.2, 0.25) is 0 Å². The third-order valence-corrected chi connectivity index (χ3v) is 1.93. The highest BCUT2D eigenvalue weighted by atomic mass is 16.5. The van der Waals surface area contributed by atoms with E-state index in [0.717, 1.165) is 0 Å². The summed E-state index contributed by atoms with van der Waals surface area (Å²) in [5.74, 6) is 0.709. The number of hydrogen-bond acceptors (Lipinski definition) is 4. The molecule has 4 heteroatoms. The highest BCUT2D eigenvalue weighted by Gasteiger charge is 2.15. The fraction of sp³-hybridized carbons (Fsp3) is 0.300. The Bertz CT molecular complexity index is 361. The maximum absolute atomic E-state index is 11.2.